The number of benzene rings is 2. The number of aryl methyl sites for hydroxylation is 1. The molecule has 24 heavy (non-hydrogen) atoms. The lowest BCUT2D eigenvalue weighted by Crippen LogP contribution is -2.16. The Balaban J connectivity index is 1.61. The zero-order valence-corrected chi connectivity index (χ0v) is 13.0. The molecule has 1 N–H and O–H groups in total. The van der Waals surface area contributed by atoms with Crippen LogP contribution in [0.2, 0.25) is 0 Å². The molecule has 4 rings (SSSR count). The molecule has 2 heterocycles. The molecule has 0 saturated carbocycles. The van der Waals surface area contributed by atoms with E-state index in [4.69, 9.17) is 4.74 Å². The number of aromatic amines is 1. The second-order valence-electron chi connectivity index (χ2n) is 5.81. The van der Waals surface area contributed by atoms with Crippen LogP contribution in [-0.4, -0.2) is 14.8 Å². The Kier molecular flexibility index (Phi) is 3.65. The molecule has 0 fully saturated rings. The van der Waals surface area contributed by atoms with Crippen molar-refractivity contribution in [3.8, 4) is 17.1 Å². The van der Waals surface area contributed by atoms with E-state index < -0.39 is 0 Å². The van der Waals surface area contributed by atoms with Crippen molar-refractivity contribution in [3.63, 3.8) is 0 Å². The van der Waals surface area contributed by atoms with Crippen LogP contribution in [0, 0.1) is 5.82 Å². The molecule has 1 aliphatic rings. The summed E-state index contributed by atoms with van der Waals surface area (Å²) < 4.78 is 21.1. The van der Waals surface area contributed by atoms with E-state index in [9.17, 15) is 9.18 Å². The highest BCUT2D eigenvalue weighted by molar-refractivity contribution is 5.62. The minimum Gasteiger partial charge on any atom is -0.489 e. The van der Waals surface area contributed by atoms with E-state index >= 15 is 0 Å². The number of ether oxygens (including phenoxy) is 1. The van der Waals surface area contributed by atoms with E-state index in [2.05, 4.69) is 10.2 Å². The molecule has 1 aromatic heterocycles. The second kappa shape index (κ2) is 5.96. The van der Waals surface area contributed by atoms with E-state index in [0.717, 1.165) is 24.0 Å². The first kappa shape index (κ1) is 14.7. The highest BCUT2D eigenvalue weighted by atomic mass is 19.1. The second-order valence-corrected chi connectivity index (χ2v) is 5.81. The normalized spacial score (nSPS) is 13.0. The van der Waals surface area contributed by atoms with Crippen LogP contribution in [-0.2, 0) is 19.6 Å². The number of nitrogens with one attached hydrogen (secondary N) is 1. The van der Waals surface area contributed by atoms with Crippen molar-refractivity contribution in [2.45, 2.75) is 26.0 Å². The molecule has 3 aromatic rings. The van der Waals surface area contributed by atoms with Gasteiger partial charge in [-0.1, -0.05) is 18.2 Å². The van der Waals surface area contributed by atoms with Crippen LogP contribution in [0.3, 0.4) is 0 Å². The van der Waals surface area contributed by atoms with E-state index in [-0.39, 0.29) is 18.1 Å². The van der Waals surface area contributed by atoms with Crippen molar-refractivity contribution in [2.24, 2.45) is 0 Å². The van der Waals surface area contributed by atoms with Gasteiger partial charge in [-0.3, -0.25) is 4.57 Å². The van der Waals surface area contributed by atoms with E-state index in [0.29, 0.717) is 23.7 Å². The predicted octanol–water partition coefficient (Wildman–Crippen LogP) is 2.90. The van der Waals surface area contributed by atoms with Crippen molar-refractivity contribution in [1.29, 1.82) is 0 Å². The molecule has 0 amide bonds. The largest absolute Gasteiger partial charge is 0.489 e. The molecular formula is C18H16FN3O2. The van der Waals surface area contributed by atoms with E-state index in [1.165, 1.54) is 6.07 Å². The van der Waals surface area contributed by atoms with E-state index in [1.54, 1.807) is 22.8 Å². The number of nitrogens with zero attached hydrogens (tertiary/aromatic N) is 2. The van der Waals surface area contributed by atoms with Gasteiger partial charge in [0.2, 0.25) is 0 Å². The number of rotatable bonds is 3. The summed E-state index contributed by atoms with van der Waals surface area (Å²) in [5, 5.41) is 6.63. The van der Waals surface area contributed by atoms with E-state index in [1.807, 2.05) is 18.2 Å². The standard InChI is InChI=1S/C18H16FN3O2/c19-16-6-2-1-4-13(16)11-24-14-7-8-15-12(10-14)5-3-9-22-17(15)20-21-18(22)23/h1-2,4,6-8,10H,3,5,9,11H2,(H,21,23). The Labute approximate surface area is 137 Å². The summed E-state index contributed by atoms with van der Waals surface area (Å²) in [5.74, 6) is 1.07. The first-order valence-corrected chi connectivity index (χ1v) is 7.87. The fourth-order valence-electron chi connectivity index (χ4n) is 3.02. The van der Waals surface area contributed by atoms with Gasteiger partial charge in [-0.25, -0.2) is 14.3 Å². The molecule has 5 nitrogen and oxygen atoms in total. The molecule has 0 saturated heterocycles. The molecule has 6 heteroatoms. The smallest absolute Gasteiger partial charge is 0.343 e. The Morgan fingerprint density at radius 3 is 3.00 bits per heavy atom. The highest BCUT2D eigenvalue weighted by Gasteiger charge is 2.18. The Bertz CT molecular complexity index is 945. The first-order chi connectivity index (χ1) is 11.7. The SMILES string of the molecule is O=c1[nH]nc2n1CCCc1cc(OCc3ccccc3F)ccc1-2. The third-order valence-electron chi connectivity index (χ3n) is 4.26. The highest BCUT2D eigenvalue weighted by Crippen LogP contribution is 2.29. The first-order valence-electron chi connectivity index (χ1n) is 7.87. The van der Waals surface area contributed by atoms with Crippen LogP contribution in [0.4, 0.5) is 4.39 Å². The molecule has 0 radical (unpaired) electrons. The molecule has 0 atom stereocenters. The molecule has 1 aliphatic heterocycles. The van der Waals surface area contributed by atoms with Crippen LogP contribution in [0.25, 0.3) is 11.4 Å². The number of fused-ring (bicyclic) bond motifs is 3. The van der Waals surface area contributed by atoms with Crippen molar-refractivity contribution in [3.05, 3.63) is 69.9 Å². The van der Waals surface area contributed by atoms with Gasteiger partial charge in [0.1, 0.15) is 18.2 Å². The maximum absolute atomic E-state index is 13.7. The van der Waals surface area contributed by atoms with Gasteiger partial charge in [-0.05, 0) is 42.7 Å². The lowest BCUT2D eigenvalue weighted by Gasteiger charge is -2.10. The Hall–Kier alpha value is -2.89. The number of hydrogen-bond donors (Lipinski definition) is 1. The number of H-pyrrole nitrogens is 1. The number of hydrogen-bond acceptors (Lipinski definition) is 3. The zero-order chi connectivity index (χ0) is 16.5. The van der Waals surface area contributed by atoms with Crippen molar-refractivity contribution in [2.75, 3.05) is 0 Å². The van der Waals surface area contributed by atoms with Crippen molar-refractivity contribution < 1.29 is 9.13 Å². The molecule has 0 spiro atoms. The fourth-order valence-corrected chi connectivity index (χ4v) is 3.02. The number of halogens is 1. The van der Waals surface area contributed by atoms with Gasteiger partial charge in [0.25, 0.3) is 0 Å². The van der Waals surface area contributed by atoms with Crippen LogP contribution in [0.5, 0.6) is 5.75 Å². The maximum atomic E-state index is 13.7. The Morgan fingerprint density at radius 2 is 2.12 bits per heavy atom. The molecular weight excluding hydrogens is 309 g/mol. The van der Waals surface area contributed by atoms with Crippen molar-refractivity contribution in [1.82, 2.24) is 14.8 Å². The molecule has 122 valence electrons. The lowest BCUT2D eigenvalue weighted by atomic mass is 10.0. The maximum Gasteiger partial charge on any atom is 0.343 e. The monoisotopic (exact) mass is 325 g/mol. The molecule has 2 aromatic carbocycles. The Morgan fingerprint density at radius 1 is 1.25 bits per heavy atom. The topological polar surface area (TPSA) is 59.9 Å². The zero-order valence-electron chi connectivity index (χ0n) is 13.0. The van der Waals surface area contributed by atoms with Gasteiger partial charge in [0.05, 0.1) is 0 Å². The molecule has 0 aliphatic carbocycles. The van der Waals surface area contributed by atoms with Gasteiger partial charge >= 0.3 is 5.69 Å². The molecule has 0 unspecified atom stereocenters. The summed E-state index contributed by atoms with van der Waals surface area (Å²) in [5.41, 5.74) is 2.36. The average molecular weight is 325 g/mol. The quantitative estimate of drug-likeness (QED) is 0.805. The summed E-state index contributed by atoms with van der Waals surface area (Å²) >= 11 is 0. The summed E-state index contributed by atoms with van der Waals surface area (Å²) in [4.78, 5) is 11.8. The van der Waals surface area contributed by atoms with Gasteiger partial charge in [0.15, 0.2) is 5.82 Å². The lowest BCUT2D eigenvalue weighted by molar-refractivity contribution is 0.299. The number of aromatic nitrogens is 3. The fraction of sp³-hybridized carbons (Fsp3) is 0.222. The van der Waals surface area contributed by atoms with Gasteiger partial charge in [-0.15, -0.1) is 0 Å². The minimum absolute atomic E-state index is 0.179. The minimum atomic E-state index is -0.271. The summed E-state index contributed by atoms with van der Waals surface area (Å²) in [6.07, 6.45) is 1.70. The molecule has 0 bridgehead atoms. The van der Waals surface area contributed by atoms with Crippen LogP contribution in [0.15, 0.2) is 47.3 Å². The average Bonchev–Trinajstić information content (AvgIpc) is 2.85. The van der Waals surface area contributed by atoms with Crippen molar-refractivity contribution >= 4 is 0 Å². The van der Waals surface area contributed by atoms with Gasteiger partial charge < -0.3 is 4.74 Å². The summed E-state index contributed by atoms with van der Waals surface area (Å²) in [6, 6.07) is 12.3. The predicted molar refractivity (Wildman–Crippen MR) is 87.3 cm³/mol. The van der Waals surface area contributed by atoms with Gasteiger partial charge in [-0.2, -0.15) is 5.10 Å². The summed E-state index contributed by atoms with van der Waals surface area (Å²) in [7, 11) is 0. The third-order valence-corrected chi connectivity index (χ3v) is 4.26. The van der Waals surface area contributed by atoms with Gasteiger partial charge in [0, 0.05) is 17.7 Å². The van der Waals surface area contributed by atoms with Crippen LogP contribution in [0.1, 0.15) is 17.5 Å². The van der Waals surface area contributed by atoms with Crippen LogP contribution >= 0.6 is 0 Å². The third kappa shape index (κ3) is 2.60. The summed E-state index contributed by atoms with van der Waals surface area (Å²) in [6.45, 7) is 0.823. The van der Waals surface area contributed by atoms with Crippen LogP contribution < -0.4 is 10.4 Å².